The van der Waals surface area contributed by atoms with Gasteiger partial charge in [-0.3, -0.25) is 9.80 Å². The van der Waals surface area contributed by atoms with Crippen LogP contribution in [0.15, 0.2) is 11.9 Å². The molecule has 1 aliphatic rings. The van der Waals surface area contributed by atoms with Gasteiger partial charge in [-0.15, -0.1) is 5.53 Å². The highest BCUT2D eigenvalue weighted by atomic mass is 16.4. The Hall–Kier alpha value is -1.23. The van der Waals surface area contributed by atoms with E-state index in [0.717, 1.165) is 5.70 Å². The van der Waals surface area contributed by atoms with Crippen LogP contribution in [0.1, 0.15) is 6.92 Å². The second-order valence-electron chi connectivity index (χ2n) is 2.07. The summed E-state index contributed by atoms with van der Waals surface area (Å²) in [5, 5.41) is 9.78. The summed E-state index contributed by atoms with van der Waals surface area (Å²) in [4.78, 5) is 10.1. The first-order valence-corrected chi connectivity index (χ1v) is 2.87. The van der Waals surface area contributed by atoms with Crippen LogP contribution in [0.4, 0.5) is 0 Å². The van der Waals surface area contributed by atoms with Crippen molar-refractivity contribution < 1.29 is 9.90 Å². The maximum atomic E-state index is 10.1. The molecule has 0 saturated carbocycles. The maximum Gasteiger partial charge on any atom is 0.324 e. The van der Waals surface area contributed by atoms with Crippen LogP contribution in [0.5, 0.6) is 0 Å². The number of allylic oxidation sites excluding steroid dienone is 1. The quantitative estimate of drug-likeness (QED) is 0.475. The smallest absolute Gasteiger partial charge is 0.324 e. The van der Waals surface area contributed by atoms with Gasteiger partial charge >= 0.3 is 5.97 Å². The van der Waals surface area contributed by atoms with E-state index in [9.17, 15) is 4.79 Å². The van der Waals surface area contributed by atoms with Crippen molar-refractivity contribution in [3.8, 4) is 0 Å². The molecule has 1 heterocycles. The van der Waals surface area contributed by atoms with Crippen LogP contribution in [0.2, 0.25) is 0 Å². The zero-order valence-corrected chi connectivity index (χ0v) is 5.59. The Balaban J connectivity index is 2.38. The molecule has 0 fully saturated rings. The molecule has 0 aromatic rings. The fourth-order valence-electron chi connectivity index (χ4n) is 0.689. The van der Waals surface area contributed by atoms with E-state index in [0.29, 0.717) is 0 Å². The lowest BCUT2D eigenvalue weighted by molar-refractivity contribution is -0.138. The molecule has 1 aliphatic heterocycles. The highest BCUT2D eigenvalue weighted by Gasteiger charge is 2.09. The van der Waals surface area contributed by atoms with Gasteiger partial charge in [0, 0.05) is 11.9 Å². The molecule has 1 rings (SSSR count). The number of rotatable bonds is 2. The fraction of sp³-hybridized carbons (Fsp3) is 0.400. The van der Waals surface area contributed by atoms with Crippen LogP contribution < -0.4 is 11.0 Å². The standard InChI is InChI=1S/C5H9N3O2/c1-4-2-8(7-6-4)3-5(9)10/h2,6-7H,3H2,1H3,(H,9,10). The van der Waals surface area contributed by atoms with Gasteiger partial charge in [-0.05, 0) is 6.92 Å². The van der Waals surface area contributed by atoms with Gasteiger partial charge in [-0.2, -0.15) is 0 Å². The summed E-state index contributed by atoms with van der Waals surface area (Å²) in [6.45, 7) is 1.80. The summed E-state index contributed by atoms with van der Waals surface area (Å²) < 4.78 is 0. The summed E-state index contributed by atoms with van der Waals surface area (Å²) in [5.41, 5.74) is 6.30. The zero-order valence-electron chi connectivity index (χ0n) is 5.59. The monoisotopic (exact) mass is 143 g/mol. The maximum absolute atomic E-state index is 10.1. The number of nitrogens with one attached hydrogen (secondary N) is 2. The van der Waals surface area contributed by atoms with Crippen LogP contribution >= 0.6 is 0 Å². The zero-order chi connectivity index (χ0) is 7.56. The summed E-state index contributed by atoms with van der Waals surface area (Å²) >= 11 is 0. The number of carboxylic acid groups (broad SMARTS) is 1. The lowest BCUT2D eigenvalue weighted by Gasteiger charge is -2.10. The van der Waals surface area contributed by atoms with Crippen molar-refractivity contribution in [2.24, 2.45) is 0 Å². The average Bonchev–Trinajstić information content (AvgIpc) is 2.13. The molecule has 0 unspecified atom stereocenters. The van der Waals surface area contributed by atoms with E-state index in [1.54, 1.807) is 6.20 Å². The first-order chi connectivity index (χ1) is 4.68. The Bertz CT molecular complexity index is 178. The van der Waals surface area contributed by atoms with E-state index in [4.69, 9.17) is 5.11 Å². The first-order valence-electron chi connectivity index (χ1n) is 2.87. The Labute approximate surface area is 58.3 Å². The molecule has 10 heavy (non-hydrogen) atoms. The van der Waals surface area contributed by atoms with Crippen molar-refractivity contribution in [1.29, 1.82) is 0 Å². The van der Waals surface area contributed by atoms with Gasteiger partial charge in [0.2, 0.25) is 0 Å². The third-order valence-corrected chi connectivity index (χ3v) is 1.05. The third-order valence-electron chi connectivity index (χ3n) is 1.05. The van der Waals surface area contributed by atoms with Crippen LogP contribution in [0, 0.1) is 0 Å². The molecule has 0 radical (unpaired) electrons. The van der Waals surface area contributed by atoms with Crippen LogP contribution in [0.25, 0.3) is 0 Å². The van der Waals surface area contributed by atoms with Gasteiger partial charge in [0.15, 0.2) is 0 Å². The SMILES string of the molecule is CC1=CN(CC(=O)O)NN1. The summed E-state index contributed by atoms with van der Waals surface area (Å²) in [6.07, 6.45) is 1.69. The number of carbonyl (C=O) groups is 1. The number of aliphatic carboxylic acids is 1. The molecule has 0 atom stereocenters. The van der Waals surface area contributed by atoms with Crippen molar-refractivity contribution in [2.45, 2.75) is 6.92 Å². The number of hydrogen-bond acceptors (Lipinski definition) is 4. The Morgan fingerprint density at radius 2 is 2.60 bits per heavy atom. The Morgan fingerprint density at radius 3 is 3.00 bits per heavy atom. The largest absolute Gasteiger partial charge is 0.480 e. The highest BCUT2D eigenvalue weighted by molar-refractivity contribution is 5.69. The molecule has 0 bridgehead atoms. The van der Waals surface area contributed by atoms with Crippen LogP contribution in [-0.2, 0) is 4.79 Å². The highest BCUT2D eigenvalue weighted by Crippen LogP contribution is 1.95. The minimum Gasteiger partial charge on any atom is -0.480 e. The van der Waals surface area contributed by atoms with E-state index in [-0.39, 0.29) is 6.54 Å². The van der Waals surface area contributed by atoms with Crippen molar-refractivity contribution in [2.75, 3.05) is 6.54 Å². The van der Waals surface area contributed by atoms with Gasteiger partial charge in [0.25, 0.3) is 0 Å². The van der Waals surface area contributed by atoms with Gasteiger partial charge in [0.1, 0.15) is 6.54 Å². The molecule has 0 aromatic carbocycles. The lowest BCUT2D eigenvalue weighted by atomic mass is 10.5. The van der Waals surface area contributed by atoms with Crippen molar-refractivity contribution >= 4 is 5.97 Å². The predicted molar refractivity (Wildman–Crippen MR) is 34.4 cm³/mol. The molecule has 0 amide bonds. The van der Waals surface area contributed by atoms with E-state index < -0.39 is 5.97 Å². The van der Waals surface area contributed by atoms with Gasteiger partial charge in [-0.25, -0.2) is 0 Å². The van der Waals surface area contributed by atoms with E-state index in [1.807, 2.05) is 6.92 Å². The Morgan fingerprint density at radius 1 is 1.90 bits per heavy atom. The number of hydrogen-bond donors (Lipinski definition) is 3. The fourth-order valence-corrected chi connectivity index (χ4v) is 0.689. The van der Waals surface area contributed by atoms with Crippen molar-refractivity contribution in [1.82, 2.24) is 16.0 Å². The second-order valence-corrected chi connectivity index (χ2v) is 2.07. The second kappa shape index (κ2) is 2.57. The normalized spacial score (nSPS) is 16.5. The van der Waals surface area contributed by atoms with Crippen molar-refractivity contribution in [3.63, 3.8) is 0 Å². The molecule has 5 heteroatoms. The van der Waals surface area contributed by atoms with Gasteiger partial charge in [0.05, 0.1) is 0 Å². The number of nitrogens with zero attached hydrogens (tertiary/aromatic N) is 1. The molecule has 0 aliphatic carbocycles. The first kappa shape index (κ1) is 6.88. The molecular weight excluding hydrogens is 134 g/mol. The van der Waals surface area contributed by atoms with Crippen molar-refractivity contribution in [3.05, 3.63) is 11.9 Å². The summed E-state index contributed by atoms with van der Waals surface area (Å²) in [6, 6.07) is 0. The lowest BCUT2D eigenvalue weighted by Crippen LogP contribution is -2.39. The minimum absolute atomic E-state index is 0.0374. The van der Waals surface area contributed by atoms with E-state index >= 15 is 0 Å². The molecule has 3 N–H and O–H groups in total. The molecule has 5 nitrogen and oxygen atoms in total. The molecule has 0 spiro atoms. The summed E-state index contributed by atoms with van der Waals surface area (Å²) in [5.74, 6) is -0.861. The number of hydrazine groups is 2. The third kappa shape index (κ3) is 1.63. The topological polar surface area (TPSA) is 64.6 Å². The van der Waals surface area contributed by atoms with Crippen LogP contribution in [-0.4, -0.2) is 22.6 Å². The average molecular weight is 143 g/mol. The molecule has 56 valence electrons. The van der Waals surface area contributed by atoms with E-state index in [2.05, 4.69) is 11.0 Å². The molecular formula is C5H9N3O2. The molecule has 0 saturated heterocycles. The summed E-state index contributed by atoms with van der Waals surface area (Å²) in [7, 11) is 0. The van der Waals surface area contributed by atoms with Crippen LogP contribution in [0.3, 0.4) is 0 Å². The minimum atomic E-state index is -0.861. The molecule has 0 aromatic heterocycles. The van der Waals surface area contributed by atoms with Gasteiger partial charge in [-0.1, -0.05) is 0 Å². The number of carboxylic acids is 1. The predicted octanol–water partition coefficient (Wildman–Crippen LogP) is -0.743. The van der Waals surface area contributed by atoms with Gasteiger partial charge < -0.3 is 10.5 Å². The van der Waals surface area contributed by atoms with E-state index in [1.165, 1.54) is 5.01 Å². The Kier molecular flexibility index (Phi) is 1.77.